The molecule has 0 unspecified atom stereocenters. The zero-order chi connectivity index (χ0) is 14.3. The molecule has 0 fully saturated rings. The fourth-order valence-corrected chi connectivity index (χ4v) is 2.29. The molecule has 1 aromatic carbocycles. The van der Waals surface area contributed by atoms with Crippen molar-refractivity contribution >= 4 is 16.1 Å². The van der Waals surface area contributed by atoms with Crippen molar-refractivity contribution in [2.75, 3.05) is 6.61 Å². The first-order chi connectivity index (χ1) is 8.99. The molecule has 0 aromatic heterocycles. The smallest absolute Gasteiger partial charge is 0.422 e. The summed E-state index contributed by atoms with van der Waals surface area (Å²) in [5.74, 6) is 0. The van der Waals surface area contributed by atoms with Gasteiger partial charge in [-0.2, -0.15) is 0 Å². The van der Waals surface area contributed by atoms with Crippen LogP contribution in [0.15, 0.2) is 29.2 Å². The fourth-order valence-electron chi connectivity index (χ4n) is 1.46. The lowest BCUT2D eigenvalue weighted by Crippen LogP contribution is -2.41. The van der Waals surface area contributed by atoms with Crippen molar-refractivity contribution < 1.29 is 17.9 Å². The molecular formula is C12H18N2O4S. The summed E-state index contributed by atoms with van der Waals surface area (Å²) < 4.78 is 28.2. The molecule has 19 heavy (non-hydrogen) atoms. The molecule has 106 valence electrons. The number of carbonyl (C=O) groups excluding carboxylic acids is 1. The van der Waals surface area contributed by atoms with Crippen molar-refractivity contribution in [2.24, 2.45) is 0 Å². The van der Waals surface area contributed by atoms with Gasteiger partial charge in [0.15, 0.2) is 0 Å². The normalized spacial score (nSPS) is 11.1. The van der Waals surface area contributed by atoms with Crippen LogP contribution in [0.25, 0.3) is 0 Å². The SMILES string of the molecule is CCCc1ccc(S(=O)(=O)NNC(=O)OCC)cc1. The van der Waals surface area contributed by atoms with Crippen molar-refractivity contribution in [3.8, 4) is 0 Å². The van der Waals surface area contributed by atoms with Crippen LogP contribution in [0.3, 0.4) is 0 Å². The Labute approximate surface area is 113 Å². The zero-order valence-electron chi connectivity index (χ0n) is 11.0. The minimum absolute atomic E-state index is 0.0872. The average molecular weight is 286 g/mol. The van der Waals surface area contributed by atoms with Gasteiger partial charge in [0.25, 0.3) is 10.0 Å². The molecule has 0 heterocycles. The lowest BCUT2D eigenvalue weighted by atomic mass is 10.1. The predicted octanol–water partition coefficient (Wildman–Crippen LogP) is 1.58. The standard InChI is InChI=1S/C12H18N2O4S/c1-3-5-10-6-8-11(9-7-10)19(16,17)14-13-12(15)18-4-2/h6-9,14H,3-5H2,1-2H3,(H,13,15). The molecule has 2 N–H and O–H groups in total. The second kappa shape index (κ2) is 7.10. The number of carbonyl (C=O) groups is 1. The Morgan fingerprint density at radius 1 is 1.21 bits per heavy atom. The number of hydrogen-bond donors (Lipinski definition) is 2. The van der Waals surface area contributed by atoms with E-state index >= 15 is 0 Å². The monoisotopic (exact) mass is 286 g/mol. The molecule has 0 radical (unpaired) electrons. The number of nitrogens with one attached hydrogen (secondary N) is 2. The van der Waals surface area contributed by atoms with Gasteiger partial charge in [-0.3, -0.25) is 0 Å². The van der Waals surface area contributed by atoms with Gasteiger partial charge in [-0.25, -0.2) is 18.6 Å². The van der Waals surface area contributed by atoms with Crippen LogP contribution in [0, 0.1) is 0 Å². The summed E-state index contributed by atoms with van der Waals surface area (Å²) in [7, 11) is -3.77. The molecule has 7 heteroatoms. The Morgan fingerprint density at radius 3 is 2.37 bits per heavy atom. The number of rotatable bonds is 6. The maximum Gasteiger partial charge on any atom is 0.422 e. The lowest BCUT2D eigenvalue weighted by molar-refractivity contribution is 0.150. The topological polar surface area (TPSA) is 84.5 Å². The van der Waals surface area contributed by atoms with E-state index in [1.807, 2.05) is 10.3 Å². The van der Waals surface area contributed by atoms with Crippen LogP contribution in [-0.2, 0) is 21.2 Å². The molecule has 0 saturated carbocycles. The molecular weight excluding hydrogens is 268 g/mol. The van der Waals surface area contributed by atoms with Crippen LogP contribution in [0.1, 0.15) is 25.8 Å². The molecule has 0 aliphatic rings. The third kappa shape index (κ3) is 4.88. The minimum atomic E-state index is -3.77. The highest BCUT2D eigenvalue weighted by molar-refractivity contribution is 7.89. The summed E-state index contributed by atoms with van der Waals surface area (Å²) in [5.41, 5.74) is 3.03. The summed E-state index contributed by atoms with van der Waals surface area (Å²) in [5, 5.41) is 0. The molecule has 1 amide bonds. The third-order valence-electron chi connectivity index (χ3n) is 2.34. The van der Waals surface area contributed by atoms with E-state index in [0.29, 0.717) is 0 Å². The highest BCUT2D eigenvalue weighted by Gasteiger charge is 2.14. The molecule has 1 rings (SSSR count). The summed E-state index contributed by atoms with van der Waals surface area (Å²) in [6.45, 7) is 3.84. The van der Waals surface area contributed by atoms with Gasteiger partial charge in [0, 0.05) is 0 Å². The largest absolute Gasteiger partial charge is 0.449 e. The summed E-state index contributed by atoms with van der Waals surface area (Å²) >= 11 is 0. The van der Waals surface area contributed by atoms with E-state index in [4.69, 9.17) is 0 Å². The number of hydrogen-bond acceptors (Lipinski definition) is 4. The molecule has 0 spiro atoms. The van der Waals surface area contributed by atoms with Crippen molar-refractivity contribution in [1.29, 1.82) is 0 Å². The summed E-state index contributed by atoms with van der Waals surface area (Å²) in [6.07, 6.45) is 1.05. The molecule has 6 nitrogen and oxygen atoms in total. The fraction of sp³-hybridized carbons (Fsp3) is 0.417. The molecule has 0 saturated heterocycles. The number of sulfonamides is 1. The van der Waals surface area contributed by atoms with Gasteiger partial charge in [-0.1, -0.05) is 25.5 Å². The van der Waals surface area contributed by atoms with Crippen LogP contribution >= 0.6 is 0 Å². The van der Waals surface area contributed by atoms with E-state index in [2.05, 4.69) is 11.7 Å². The molecule has 0 aliphatic heterocycles. The number of benzene rings is 1. The van der Waals surface area contributed by atoms with Gasteiger partial charge in [-0.05, 0) is 31.0 Å². The third-order valence-corrected chi connectivity index (χ3v) is 3.60. The highest BCUT2D eigenvalue weighted by atomic mass is 32.2. The van der Waals surface area contributed by atoms with Crippen molar-refractivity contribution in [3.05, 3.63) is 29.8 Å². The first-order valence-electron chi connectivity index (χ1n) is 6.03. The molecule has 0 bridgehead atoms. The van der Waals surface area contributed by atoms with Gasteiger partial charge in [0.1, 0.15) is 0 Å². The second-order valence-electron chi connectivity index (χ2n) is 3.84. The molecule has 0 aliphatic carbocycles. The van der Waals surface area contributed by atoms with Crippen molar-refractivity contribution in [2.45, 2.75) is 31.6 Å². The minimum Gasteiger partial charge on any atom is -0.449 e. The van der Waals surface area contributed by atoms with E-state index < -0.39 is 16.1 Å². The van der Waals surface area contributed by atoms with Crippen molar-refractivity contribution in [1.82, 2.24) is 10.3 Å². The van der Waals surface area contributed by atoms with Gasteiger partial charge >= 0.3 is 6.09 Å². The molecule has 1 aromatic rings. The van der Waals surface area contributed by atoms with Gasteiger partial charge in [0.2, 0.25) is 0 Å². The first kappa shape index (κ1) is 15.5. The van der Waals surface area contributed by atoms with Crippen LogP contribution in [0.5, 0.6) is 0 Å². The number of aryl methyl sites for hydroxylation is 1. The van der Waals surface area contributed by atoms with Crippen molar-refractivity contribution in [3.63, 3.8) is 0 Å². The highest BCUT2D eigenvalue weighted by Crippen LogP contribution is 2.11. The summed E-state index contributed by atoms with van der Waals surface area (Å²) in [6, 6.07) is 6.51. The summed E-state index contributed by atoms with van der Waals surface area (Å²) in [4.78, 5) is 13.0. The second-order valence-corrected chi connectivity index (χ2v) is 5.53. The Morgan fingerprint density at radius 2 is 1.84 bits per heavy atom. The number of hydrazine groups is 1. The Bertz CT molecular complexity index is 511. The lowest BCUT2D eigenvalue weighted by Gasteiger charge is -2.08. The van der Waals surface area contributed by atoms with E-state index in [1.54, 1.807) is 19.1 Å². The van der Waals surface area contributed by atoms with Crippen LogP contribution < -0.4 is 10.3 Å². The number of ether oxygens (including phenoxy) is 1. The zero-order valence-corrected chi connectivity index (χ0v) is 11.8. The number of amides is 1. The maximum atomic E-state index is 11.8. The Balaban J connectivity index is 2.69. The van der Waals surface area contributed by atoms with Crippen LogP contribution in [0.4, 0.5) is 4.79 Å². The van der Waals surface area contributed by atoms with Gasteiger partial charge in [0.05, 0.1) is 11.5 Å². The molecule has 0 atom stereocenters. The van der Waals surface area contributed by atoms with E-state index in [9.17, 15) is 13.2 Å². The van der Waals surface area contributed by atoms with Crippen LogP contribution in [0.2, 0.25) is 0 Å². The van der Waals surface area contributed by atoms with Gasteiger partial charge < -0.3 is 4.74 Å². The quantitative estimate of drug-likeness (QED) is 0.778. The van der Waals surface area contributed by atoms with E-state index in [-0.39, 0.29) is 11.5 Å². The average Bonchev–Trinajstić information content (AvgIpc) is 2.38. The first-order valence-corrected chi connectivity index (χ1v) is 7.51. The van der Waals surface area contributed by atoms with E-state index in [0.717, 1.165) is 18.4 Å². The van der Waals surface area contributed by atoms with E-state index in [1.165, 1.54) is 12.1 Å². The predicted molar refractivity (Wildman–Crippen MR) is 70.9 cm³/mol. The Hall–Kier alpha value is -1.60. The maximum absolute atomic E-state index is 11.8. The Kier molecular flexibility index (Phi) is 5.78. The van der Waals surface area contributed by atoms with Crippen LogP contribution in [-0.4, -0.2) is 21.1 Å². The van der Waals surface area contributed by atoms with Gasteiger partial charge in [-0.15, -0.1) is 4.83 Å².